The number of hydrogen-bond acceptors (Lipinski definition) is 2. The van der Waals surface area contributed by atoms with E-state index < -0.39 is 0 Å². The number of allylic oxidation sites excluding steroid dienone is 1. The molecule has 2 nitrogen and oxygen atoms in total. The fourth-order valence-electron chi connectivity index (χ4n) is 3.11. The lowest BCUT2D eigenvalue weighted by atomic mass is 9.79. The minimum atomic E-state index is 0.589. The van der Waals surface area contributed by atoms with Gasteiger partial charge >= 0.3 is 0 Å². The third-order valence-corrected chi connectivity index (χ3v) is 5.02. The molecular formula is C15H19BrN2. The highest BCUT2D eigenvalue weighted by molar-refractivity contribution is 9.10. The summed E-state index contributed by atoms with van der Waals surface area (Å²) in [6.45, 7) is 3.27. The van der Waals surface area contributed by atoms with Gasteiger partial charge < -0.3 is 5.32 Å². The minimum Gasteiger partial charge on any atom is -0.310 e. The third kappa shape index (κ3) is 2.39. The number of nitrogens with zero attached hydrogens (tertiary/aromatic N) is 1. The van der Waals surface area contributed by atoms with E-state index in [0.717, 1.165) is 10.5 Å². The Balaban J connectivity index is 1.87. The topological polar surface area (TPSA) is 24.9 Å². The maximum absolute atomic E-state index is 4.41. The van der Waals surface area contributed by atoms with Crippen LogP contribution in [0.15, 0.2) is 22.9 Å². The highest BCUT2D eigenvalue weighted by Gasteiger charge is 2.27. The Morgan fingerprint density at radius 3 is 3.11 bits per heavy atom. The molecule has 1 N–H and O–H groups in total. The van der Waals surface area contributed by atoms with Crippen LogP contribution in [0.5, 0.6) is 0 Å². The molecule has 0 amide bonds. The summed E-state index contributed by atoms with van der Waals surface area (Å²) in [4.78, 5) is 4.41. The van der Waals surface area contributed by atoms with Crippen molar-refractivity contribution >= 4 is 21.5 Å². The molecule has 2 aliphatic rings. The van der Waals surface area contributed by atoms with E-state index in [2.05, 4.69) is 45.3 Å². The number of halogens is 1. The summed E-state index contributed by atoms with van der Waals surface area (Å²) < 4.78 is 0.955. The fraction of sp³-hybridized carbons (Fsp3) is 0.533. The Morgan fingerprint density at radius 2 is 2.28 bits per heavy atom. The molecule has 0 spiro atoms. The van der Waals surface area contributed by atoms with E-state index in [1.807, 2.05) is 6.20 Å². The molecule has 1 aliphatic carbocycles. The van der Waals surface area contributed by atoms with Gasteiger partial charge in [0.25, 0.3) is 0 Å². The van der Waals surface area contributed by atoms with Crippen molar-refractivity contribution in [3.05, 3.63) is 34.1 Å². The Kier molecular flexibility index (Phi) is 3.53. The molecule has 2 unspecified atom stereocenters. The fourth-order valence-corrected chi connectivity index (χ4v) is 3.33. The van der Waals surface area contributed by atoms with Crippen LogP contribution in [0.1, 0.15) is 36.8 Å². The smallest absolute Gasteiger partial charge is 0.109 e. The average Bonchev–Trinajstić information content (AvgIpc) is 2.41. The van der Waals surface area contributed by atoms with E-state index >= 15 is 0 Å². The van der Waals surface area contributed by atoms with Gasteiger partial charge in [-0.3, -0.25) is 0 Å². The lowest BCUT2D eigenvalue weighted by molar-refractivity contribution is 0.298. The first kappa shape index (κ1) is 12.4. The quantitative estimate of drug-likeness (QED) is 0.800. The van der Waals surface area contributed by atoms with Crippen molar-refractivity contribution in [2.24, 2.45) is 5.92 Å². The van der Waals surface area contributed by atoms with Crippen molar-refractivity contribution in [1.82, 2.24) is 10.3 Å². The molecule has 1 aliphatic heterocycles. The van der Waals surface area contributed by atoms with Crippen molar-refractivity contribution in [1.29, 1.82) is 0 Å². The summed E-state index contributed by atoms with van der Waals surface area (Å²) in [7, 11) is 0. The normalized spacial score (nSPS) is 27.6. The maximum Gasteiger partial charge on any atom is 0.109 e. The van der Waals surface area contributed by atoms with Gasteiger partial charge in [0.2, 0.25) is 0 Å². The summed E-state index contributed by atoms with van der Waals surface area (Å²) in [5, 5.41) is 3.64. The SMILES string of the molecule is Cc1cc(C2=CC3NCCCC3CC2)cnc1Br. The van der Waals surface area contributed by atoms with Crippen molar-refractivity contribution in [3.8, 4) is 0 Å². The number of nitrogens with one attached hydrogen (secondary N) is 1. The number of hydrogen-bond donors (Lipinski definition) is 1. The van der Waals surface area contributed by atoms with E-state index in [1.54, 1.807) is 0 Å². The van der Waals surface area contributed by atoms with Crippen molar-refractivity contribution in [2.75, 3.05) is 6.54 Å². The molecule has 1 aromatic rings. The van der Waals surface area contributed by atoms with Crippen molar-refractivity contribution in [3.63, 3.8) is 0 Å². The Hall–Kier alpha value is -0.670. The van der Waals surface area contributed by atoms with E-state index in [4.69, 9.17) is 0 Å². The molecule has 2 atom stereocenters. The van der Waals surface area contributed by atoms with Crippen molar-refractivity contribution < 1.29 is 0 Å². The molecular weight excluding hydrogens is 288 g/mol. The second-order valence-electron chi connectivity index (χ2n) is 5.44. The predicted molar refractivity (Wildman–Crippen MR) is 78.4 cm³/mol. The summed E-state index contributed by atoms with van der Waals surface area (Å²) in [5.41, 5.74) is 3.97. The average molecular weight is 307 g/mol. The van der Waals surface area contributed by atoms with Gasteiger partial charge in [-0.2, -0.15) is 0 Å². The molecule has 18 heavy (non-hydrogen) atoms. The van der Waals surface area contributed by atoms with E-state index in [9.17, 15) is 0 Å². The standard InChI is InChI=1S/C15H19BrN2/c1-10-7-13(9-18-15(10)16)12-5-4-11-3-2-6-17-14(11)8-12/h7-9,11,14,17H,2-6H2,1H3. The van der Waals surface area contributed by atoms with Crippen LogP contribution >= 0.6 is 15.9 Å². The molecule has 0 aromatic carbocycles. The molecule has 2 heterocycles. The molecule has 96 valence electrons. The zero-order valence-electron chi connectivity index (χ0n) is 10.7. The van der Waals surface area contributed by atoms with Crippen LogP contribution in [-0.2, 0) is 0 Å². The van der Waals surface area contributed by atoms with Gasteiger partial charge in [-0.15, -0.1) is 0 Å². The molecule has 1 aromatic heterocycles. The lowest BCUT2D eigenvalue weighted by Gasteiger charge is -2.35. The summed E-state index contributed by atoms with van der Waals surface area (Å²) >= 11 is 3.47. The lowest BCUT2D eigenvalue weighted by Crippen LogP contribution is -2.41. The molecule has 1 saturated heterocycles. The first-order valence-corrected chi connectivity index (χ1v) is 7.60. The van der Waals surface area contributed by atoms with Crippen molar-refractivity contribution in [2.45, 2.75) is 38.6 Å². The van der Waals surface area contributed by atoms with Crippen LogP contribution in [0.4, 0.5) is 0 Å². The van der Waals surface area contributed by atoms with Crippen LogP contribution in [0, 0.1) is 12.8 Å². The first-order chi connectivity index (χ1) is 8.74. The summed E-state index contributed by atoms with van der Waals surface area (Å²) in [6, 6.07) is 2.83. The molecule has 1 fully saturated rings. The molecule has 3 rings (SSSR count). The zero-order chi connectivity index (χ0) is 12.5. The van der Waals surface area contributed by atoms with Gasteiger partial charge in [-0.1, -0.05) is 6.08 Å². The zero-order valence-corrected chi connectivity index (χ0v) is 12.3. The van der Waals surface area contributed by atoms with Gasteiger partial charge in [-0.25, -0.2) is 4.98 Å². The molecule has 0 bridgehead atoms. The predicted octanol–water partition coefficient (Wildman–Crippen LogP) is 3.70. The monoisotopic (exact) mass is 306 g/mol. The van der Waals surface area contributed by atoms with Gasteiger partial charge in [0.1, 0.15) is 4.60 Å². The third-order valence-electron chi connectivity index (χ3n) is 4.19. The van der Waals surface area contributed by atoms with Crippen LogP contribution in [-0.4, -0.2) is 17.6 Å². The van der Waals surface area contributed by atoms with E-state index in [1.165, 1.54) is 48.9 Å². The second kappa shape index (κ2) is 5.14. The number of rotatable bonds is 1. The number of pyridine rings is 1. The van der Waals surface area contributed by atoms with Gasteiger partial charge in [0.15, 0.2) is 0 Å². The highest BCUT2D eigenvalue weighted by Crippen LogP contribution is 2.34. The largest absolute Gasteiger partial charge is 0.310 e. The maximum atomic E-state index is 4.41. The highest BCUT2D eigenvalue weighted by atomic mass is 79.9. The number of aromatic nitrogens is 1. The molecule has 0 saturated carbocycles. The second-order valence-corrected chi connectivity index (χ2v) is 6.20. The van der Waals surface area contributed by atoms with Gasteiger partial charge in [0, 0.05) is 12.2 Å². The Labute approximate surface area is 117 Å². The van der Waals surface area contributed by atoms with E-state index in [-0.39, 0.29) is 0 Å². The van der Waals surface area contributed by atoms with Crippen LogP contribution in [0.3, 0.4) is 0 Å². The summed E-state index contributed by atoms with van der Waals surface area (Å²) in [5.74, 6) is 0.854. The number of aryl methyl sites for hydroxylation is 1. The molecule has 3 heteroatoms. The summed E-state index contributed by atoms with van der Waals surface area (Å²) in [6.07, 6.45) is 9.68. The number of piperidine rings is 1. The number of fused-ring (bicyclic) bond motifs is 1. The Bertz CT molecular complexity index is 481. The Morgan fingerprint density at radius 1 is 1.39 bits per heavy atom. The van der Waals surface area contributed by atoms with Gasteiger partial charge in [-0.05, 0) is 83.8 Å². The van der Waals surface area contributed by atoms with Crippen LogP contribution in [0.2, 0.25) is 0 Å². The van der Waals surface area contributed by atoms with Crippen LogP contribution in [0.25, 0.3) is 5.57 Å². The first-order valence-electron chi connectivity index (χ1n) is 6.80. The minimum absolute atomic E-state index is 0.589. The van der Waals surface area contributed by atoms with Crippen LogP contribution < -0.4 is 5.32 Å². The van der Waals surface area contributed by atoms with Gasteiger partial charge in [0.05, 0.1) is 0 Å². The molecule has 0 radical (unpaired) electrons. The van der Waals surface area contributed by atoms with E-state index in [0.29, 0.717) is 6.04 Å².